The molecule has 1 aliphatic carbocycles. The quantitative estimate of drug-likeness (QED) is 0.521. The number of hydrogen-bond acceptors (Lipinski definition) is 5. The van der Waals surface area contributed by atoms with Gasteiger partial charge in [-0.15, -0.1) is 0 Å². The van der Waals surface area contributed by atoms with Crippen LogP contribution in [0.1, 0.15) is 49.3 Å². The average Bonchev–Trinajstić information content (AvgIpc) is 2.96. The predicted molar refractivity (Wildman–Crippen MR) is 127 cm³/mol. The summed E-state index contributed by atoms with van der Waals surface area (Å²) in [7, 11) is 5.12. The number of benzene rings is 2. The molecule has 0 bridgehead atoms. The number of hydrogen-bond donors (Lipinski definition) is 1. The Hall–Kier alpha value is -2.08. The van der Waals surface area contributed by atoms with Crippen LogP contribution in [0.25, 0.3) is 0 Å². The standard InChI is InChI=1S/C27H37NO4/c1-19-5-6-21-17-24(30-2)11-12-25(21)27(29,18-19)22-7-9-23(10-8-22)28-15-13-20(14-16-28)26(31-3)32-4/h7-12,17,19-20,26,29H,5-6,13-16,18H2,1-4H3. The Morgan fingerprint density at radius 2 is 1.66 bits per heavy atom. The van der Waals surface area contributed by atoms with E-state index in [2.05, 4.69) is 42.2 Å². The fraction of sp³-hybridized carbons (Fsp3) is 0.556. The van der Waals surface area contributed by atoms with Crippen LogP contribution in [0.2, 0.25) is 0 Å². The Kier molecular flexibility index (Phi) is 7.08. The van der Waals surface area contributed by atoms with E-state index in [9.17, 15) is 5.11 Å². The highest BCUT2D eigenvalue weighted by Crippen LogP contribution is 2.43. The zero-order chi connectivity index (χ0) is 22.7. The molecule has 1 fully saturated rings. The van der Waals surface area contributed by atoms with Gasteiger partial charge in [0.05, 0.1) is 7.11 Å². The summed E-state index contributed by atoms with van der Waals surface area (Å²) in [5.74, 6) is 1.72. The molecular formula is C27H37NO4. The van der Waals surface area contributed by atoms with Gasteiger partial charge >= 0.3 is 0 Å². The molecule has 32 heavy (non-hydrogen) atoms. The molecule has 0 spiro atoms. The Balaban J connectivity index is 1.55. The number of fused-ring (bicyclic) bond motifs is 1. The van der Waals surface area contributed by atoms with Gasteiger partial charge in [0.1, 0.15) is 11.4 Å². The first-order valence-electron chi connectivity index (χ1n) is 11.8. The fourth-order valence-electron chi connectivity index (χ4n) is 5.56. The first kappa shape index (κ1) is 23.1. The molecule has 1 aliphatic heterocycles. The lowest BCUT2D eigenvalue weighted by Crippen LogP contribution is -2.39. The minimum atomic E-state index is -0.979. The Morgan fingerprint density at radius 3 is 2.28 bits per heavy atom. The van der Waals surface area contributed by atoms with Gasteiger partial charge in [-0.1, -0.05) is 25.1 Å². The second kappa shape index (κ2) is 9.82. The van der Waals surface area contributed by atoms with E-state index < -0.39 is 5.60 Å². The Bertz CT molecular complexity index is 887. The van der Waals surface area contributed by atoms with E-state index in [1.807, 2.05) is 12.1 Å². The normalized spacial score (nSPS) is 24.3. The third kappa shape index (κ3) is 4.52. The van der Waals surface area contributed by atoms with Crippen LogP contribution in [0.5, 0.6) is 5.75 Å². The van der Waals surface area contributed by atoms with Crippen LogP contribution in [0.15, 0.2) is 42.5 Å². The largest absolute Gasteiger partial charge is 0.497 e. The first-order chi connectivity index (χ1) is 15.5. The van der Waals surface area contributed by atoms with Crippen LogP contribution in [0.4, 0.5) is 5.69 Å². The minimum Gasteiger partial charge on any atom is -0.497 e. The average molecular weight is 440 g/mol. The lowest BCUT2D eigenvalue weighted by Gasteiger charge is -2.36. The minimum absolute atomic E-state index is 0.121. The molecule has 1 N–H and O–H groups in total. The topological polar surface area (TPSA) is 51.2 Å². The molecule has 0 aromatic heterocycles. The van der Waals surface area contributed by atoms with Crippen molar-refractivity contribution < 1.29 is 19.3 Å². The lowest BCUT2D eigenvalue weighted by molar-refractivity contribution is -0.141. The van der Waals surface area contributed by atoms with Gasteiger partial charge < -0.3 is 24.2 Å². The van der Waals surface area contributed by atoms with E-state index in [1.165, 1.54) is 11.3 Å². The second-order valence-corrected chi connectivity index (χ2v) is 9.44. The van der Waals surface area contributed by atoms with Gasteiger partial charge in [0.15, 0.2) is 6.29 Å². The molecule has 2 aromatic rings. The molecule has 2 aliphatic rings. The van der Waals surface area contributed by atoms with E-state index in [0.717, 1.165) is 62.1 Å². The summed E-state index contributed by atoms with van der Waals surface area (Å²) in [5, 5.41) is 12.0. The van der Waals surface area contributed by atoms with Crippen LogP contribution in [-0.4, -0.2) is 45.8 Å². The Morgan fingerprint density at radius 1 is 0.969 bits per heavy atom. The summed E-state index contributed by atoms with van der Waals surface area (Å²) in [6.07, 6.45) is 4.73. The third-order valence-corrected chi connectivity index (χ3v) is 7.41. The van der Waals surface area contributed by atoms with Crippen molar-refractivity contribution >= 4 is 5.69 Å². The number of nitrogens with zero attached hydrogens (tertiary/aromatic N) is 1. The van der Waals surface area contributed by atoms with E-state index in [1.54, 1.807) is 21.3 Å². The summed E-state index contributed by atoms with van der Waals surface area (Å²) in [4.78, 5) is 2.42. The summed E-state index contributed by atoms with van der Waals surface area (Å²) >= 11 is 0. The van der Waals surface area contributed by atoms with Gasteiger partial charge in [-0.25, -0.2) is 0 Å². The lowest BCUT2D eigenvalue weighted by atomic mass is 9.80. The third-order valence-electron chi connectivity index (χ3n) is 7.41. The number of piperidine rings is 1. The van der Waals surface area contributed by atoms with Gasteiger partial charge in [-0.05, 0) is 79.0 Å². The number of methoxy groups -OCH3 is 3. The van der Waals surface area contributed by atoms with E-state index >= 15 is 0 Å². The van der Waals surface area contributed by atoms with Crippen molar-refractivity contribution in [2.24, 2.45) is 11.8 Å². The number of aryl methyl sites for hydroxylation is 1. The molecule has 174 valence electrons. The predicted octanol–water partition coefficient (Wildman–Crippen LogP) is 4.74. The highest BCUT2D eigenvalue weighted by atomic mass is 16.7. The zero-order valence-electron chi connectivity index (χ0n) is 19.8. The zero-order valence-corrected chi connectivity index (χ0v) is 19.8. The summed E-state index contributed by atoms with van der Waals surface area (Å²) in [6.45, 7) is 4.20. The molecule has 1 heterocycles. The maximum atomic E-state index is 12.0. The summed E-state index contributed by atoms with van der Waals surface area (Å²) < 4.78 is 16.4. The van der Waals surface area contributed by atoms with Crippen molar-refractivity contribution in [1.82, 2.24) is 0 Å². The first-order valence-corrected chi connectivity index (χ1v) is 11.8. The molecular weight excluding hydrogens is 402 g/mol. The van der Waals surface area contributed by atoms with Crippen LogP contribution in [0, 0.1) is 11.8 Å². The van der Waals surface area contributed by atoms with Gasteiger partial charge in [0.2, 0.25) is 0 Å². The Labute approximate surface area is 192 Å². The van der Waals surface area contributed by atoms with Crippen LogP contribution in [0.3, 0.4) is 0 Å². The number of anilines is 1. The number of rotatable bonds is 6. The van der Waals surface area contributed by atoms with E-state index in [0.29, 0.717) is 11.8 Å². The van der Waals surface area contributed by atoms with Gasteiger partial charge in [-0.3, -0.25) is 0 Å². The molecule has 1 saturated heterocycles. The monoisotopic (exact) mass is 439 g/mol. The van der Waals surface area contributed by atoms with Crippen molar-refractivity contribution in [2.75, 3.05) is 39.3 Å². The maximum absolute atomic E-state index is 12.0. The van der Waals surface area contributed by atoms with E-state index in [4.69, 9.17) is 14.2 Å². The molecule has 0 saturated carbocycles. The molecule has 0 radical (unpaired) electrons. The molecule has 4 rings (SSSR count). The fourth-order valence-corrected chi connectivity index (χ4v) is 5.56. The summed E-state index contributed by atoms with van der Waals surface area (Å²) in [5.41, 5.74) is 3.40. The molecule has 0 amide bonds. The van der Waals surface area contributed by atoms with Gasteiger partial charge in [-0.2, -0.15) is 0 Å². The molecule has 5 nitrogen and oxygen atoms in total. The molecule has 2 unspecified atom stereocenters. The van der Waals surface area contributed by atoms with E-state index in [-0.39, 0.29) is 6.29 Å². The molecule has 5 heteroatoms. The smallest absolute Gasteiger partial charge is 0.159 e. The second-order valence-electron chi connectivity index (χ2n) is 9.44. The van der Waals surface area contributed by atoms with Gasteiger partial charge in [0, 0.05) is 38.9 Å². The van der Waals surface area contributed by atoms with Crippen LogP contribution in [-0.2, 0) is 21.5 Å². The highest BCUT2D eigenvalue weighted by Gasteiger charge is 2.37. The van der Waals surface area contributed by atoms with Crippen molar-refractivity contribution in [2.45, 2.75) is 50.9 Å². The van der Waals surface area contributed by atoms with Crippen molar-refractivity contribution in [3.8, 4) is 5.75 Å². The van der Waals surface area contributed by atoms with Crippen molar-refractivity contribution in [3.63, 3.8) is 0 Å². The summed E-state index contributed by atoms with van der Waals surface area (Å²) in [6, 6.07) is 14.6. The van der Waals surface area contributed by atoms with Gasteiger partial charge in [0.25, 0.3) is 0 Å². The van der Waals surface area contributed by atoms with Crippen molar-refractivity contribution in [1.29, 1.82) is 0 Å². The van der Waals surface area contributed by atoms with Crippen LogP contribution >= 0.6 is 0 Å². The molecule has 2 atom stereocenters. The maximum Gasteiger partial charge on any atom is 0.159 e. The number of aliphatic hydroxyl groups is 1. The SMILES string of the molecule is COc1ccc2c(c1)CCC(C)CC2(O)c1ccc(N2CCC(C(OC)OC)CC2)cc1. The van der Waals surface area contributed by atoms with Crippen molar-refractivity contribution in [3.05, 3.63) is 59.2 Å². The highest BCUT2D eigenvalue weighted by molar-refractivity contribution is 5.52. The van der Waals surface area contributed by atoms with Crippen LogP contribution < -0.4 is 9.64 Å². The number of ether oxygens (including phenoxy) is 3. The molecule has 2 aromatic carbocycles.